The fourth-order valence-corrected chi connectivity index (χ4v) is 1.92. The molecular formula is C16H20N4O3. The highest BCUT2D eigenvalue weighted by Gasteiger charge is 2.15. The number of aryl methyl sites for hydroxylation is 1. The molecule has 1 amide bonds. The van der Waals surface area contributed by atoms with E-state index in [2.05, 4.69) is 15.6 Å². The van der Waals surface area contributed by atoms with Crippen molar-refractivity contribution in [2.75, 3.05) is 0 Å². The predicted octanol–water partition coefficient (Wildman–Crippen LogP) is 2.33. The number of nitrogens with zero attached hydrogens (tertiary/aromatic N) is 2. The summed E-state index contributed by atoms with van der Waals surface area (Å²) in [5.41, 5.74) is 3.12. The third-order valence-electron chi connectivity index (χ3n) is 2.88. The minimum Gasteiger partial charge on any atom is -0.443 e. The number of H-pyrrole nitrogens is 1. The Morgan fingerprint density at radius 2 is 1.96 bits per heavy atom. The molecule has 0 saturated carbocycles. The topological polar surface area (TPSA) is 88.5 Å². The number of rotatable bonds is 3. The minimum absolute atomic E-state index is 0.247. The lowest BCUT2D eigenvalue weighted by molar-refractivity contribution is 0.0529. The molecule has 2 aromatic rings. The van der Waals surface area contributed by atoms with E-state index >= 15 is 0 Å². The number of hydrazone groups is 1. The van der Waals surface area contributed by atoms with Gasteiger partial charge in [-0.05, 0) is 39.8 Å². The third kappa shape index (κ3) is 4.32. The first-order chi connectivity index (χ1) is 10.8. The highest BCUT2D eigenvalue weighted by molar-refractivity contribution is 5.81. The van der Waals surface area contributed by atoms with E-state index in [9.17, 15) is 9.59 Å². The molecule has 0 spiro atoms. The van der Waals surface area contributed by atoms with Crippen LogP contribution in [0, 0.1) is 6.92 Å². The lowest BCUT2D eigenvalue weighted by Crippen LogP contribution is -2.30. The first-order valence-electron chi connectivity index (χ1n) is 7.17. The Balaban J connectivity index is 2.16. The highest BCUT2D eigenvalue weighted by Crippen LogP contribution is 2.07. The summed E-state index contributed by atoms with van der Waals surface area (Å²) < 4.78 is 6.48. The summed E-state index contributed by atoms with van der Waals surface area (Å²) >= 11 is 0. The zero-order chi connectivity index (χ0) is 17.0. The summed E-state index contributed by atoms with van der Waals surface area (Å²) in [6, 6.07) is 9.19. The summed E-state index contributed by atoms with van der Waals surface area (Å²) in [5, 5.41) is 6.75. The normalized spacial score (nSPS) is 11.7. The Bertz CT molecular complexity index is 767. The van der Waals surface area contributed by atoms with Gasteiger partial charge in [0, 0.05) is 5.69 Å². The molecule has 0 unspecified atom stereocenters. The average Bonchev–Trinajstić information content (AvgIpc) is 2.74. The second-order valence-electron chi connectivity index (χ2n) is 6.00. The van der Waals surface area contributed by atoms with E-state index in [4.69, 9.17) is 4.74 Å². The Morgan fingerprint density at radius 3 is 2.57 bits per heavy atom. The van der Waals surface area contributed by atoms with E-state index in [1.807, 2.05) is 30.3 Å². The van der Waals surface area contributed by atoms with Crippen LogP contribution in [0.4, 0.5) is 4.79 Å². The van der Waals surface area contributed by atoms with Crippen LogP contribution in [0.25, 0.3) is 5.69 Å². The van der Waals surface area contributed by atoms with Gasteiger partial charge in [0.25, 0.3) is 5.56 Å². The minimum atomic E-state index is -0.676. The van der Waals surface area contributed by atoms with Gasteiger partial charge >= 0.3 is 6.09 Å². The number of ether oxygens (including phenoxy) is 1. The van der Waals surface area contributed by atoms with Crippen LogP contribution in [0.5, 0.6) is 0 Å². The third-order valence-corrected chi connectivity index (χ3v) is 2.88. The van der Waals surface area contributed by atoms with Gasteiger partial charge < -0.3 is 4.74 Å². The SMILES string of the molecule is Cc1[nH]n(-c2ccccc2)c(=O)c1C=NNC(=O)OC(C)(C)C. The molecule has 1 aromatic heterocycles. The van der Waals surface area contributed by atoms with Gasteiger partial charge in [-0.25, -0.2) is 14.9 Å². The van der Waals surface area contributed by atoms with Crippen LogP contribution in [0.15, 0.2) is 40.2 Å². The number of aromatic nitrogens is 2. The fourth-order valence-electron chi connectivity index (χ4n) is 1.92. The summed E-state index contributed by atoms with van der Waals surface area (Å²) in [7, 11) is 0. The maximum Gasteiger partial charge on any atom is 0.428 e. The molecule has 0 fully saturated rings. The molecule has 2 rings (SSSR count). The van der Waals surface area contributed by atoms with Gasteiger partial charge in [-0.1, -0.05) is 18.2 Å². The van der Waals surface area contributed by atoms with Crippen molar-refractivity contribution in [1.29, 1.82) is 0 Å². The Morgan fingerprint density at radius 1 is 1.30 bits per heavy atom. The number of hydrogen-bond acceptors (Lipinski definition) is 4. The van der Waals surface area contributed by atoms with E-state index in [-0.39, 0.29) is 5.56 Å². The van der Waals surface area contributed by atoms with Crippen molar-refractivity contribution in [2.45, 2.75) is 33.3 Å². The zero-order valence-corrected chi connectivity index (χ0v) is 13.6. The summed E-state index contributed by atoms with van der Waals surface area (Å²) in [6.45, 7) is 7.02. The number of nitrogens with one attached hydrogen (secondary N) is 2. The van der Waals surface area contributed by atoms with E-state index in [0.717, 1.165) is 5.69 Å². The summed E-state index contributed by atoms with van der Waals surface area (Å²) in [6.07, 6.45) is 0.627. The molecular weight excluding hydrogens is 296 g/mol. The van der Waals surface area contributed by atoms with E-state index < -0.39 is 11.7 Å². The standard InChI is InChI=1S/C16H20N4O3/c1-11-13(10-17-18-15(22)23-16(2,3)4)14(21)20(19-11)12-8-6-5-7-9-12/h5-10,19H,1-4H3,(H,18,22). The van der Waals surface area contributed by atoms with Crippen LogP contribution < -0.4 is 11.0 Å². The van der Waals surface area contributed by atoms with Crippen molar-refractivity contribution < 1.29 is 9.53 Å². The van der Waals surface area contributed by atoms with E-state index in [0.29, 0.717) is 11.3 Å². The molecule has 1 heterocycles. The van der Waals surface area contributed by atoms with Gasteiger partial charge in [0.05, 0.1) is 17.5 Å². The lowest BCUT2D eigenvalue weighted by Gasteiger charge is -2.18. The van der Waals surface area contributed by atoms with Crippen LogP contribution in [0.3, 0.4) is 0 Å². The quantitative estimate of drug-likeness (QED) is 0.673. The van der Waals surface area contributed by atoms with E-state index in [1.165, 1.54) is 10.9 Å². The maximum absolute atomic E-state index is 12.4. The van der Waals surface area contributed by atoms with Crippen molar-refractivity contribution in [3.8, 4) is 5.69 Å². The fraction of sp³-hybridized carbons (Fsp3) is 0.312. The van der Waals surface area contributed by atoms with Crippen LogP contribution in [0.1, 0.15) is 32.0 Å². The number of aromatic amines is 1. The molecule has 1 aromatic carbocycles. The molecule has 0 bridgehead atoms. The van der Waals surface area contributed by atoms with Gasteiger partial charge in [-0.2, -0.15) is 5.10 Å². The van der Waals surface area contributed by atoms with Gasteiger partial charge in [0.2, 0.25) is 0 Å². The first-order valence-corrected chi connectivity index (χ1v) is 7.17. The monoisotopic (exact) mass is 316 g/mol. The highest BCUT2D eigenvalue weighted by atomic mass is 16.6. The van der Waals surface area contributed by atoms with Gasteiger partial charge in [-0.3, -0.25) is 9.89 Å². The molecule has 0 aliphatic rings. The number of para-hydroxylation sites is 1. The van der Waals surface area contributed by atoms with Crippen molar-refractivity contribution in [1.82, 2.24) is 15.2 Å². The van der Waals surface area contributed by atoms with Crippen LogP contribution in [-0.2, 0) is 4.74 Å². The number of hydrogen-bond donors (Lipinski definition) is 2. The number of carbonyl (C=O) groups is 1. The largest absolute Gasteiger partial charge is 0.443 e. The molecule has 0 aliphatic heterocycles. The zero-order valence-electron chi connectivity index (χ0n) is 13.6. The van der Waals surface area contributed by atoms with E-state index in [1.54, 1.807) is 27.7 Å². The number of benzene rings is 1. The van der Waals surface area contributed by atoms with Crippen LogP contribution in [-0.4, -0.2) is 27.7 Å². The molecule has 0 saturated heterocycles. The Kier molecular flexibility index (Phi) is 4.68. The van der Waals surface area contributed by atoms with Gasteiger partial charge in [0.1, 0.15) is 5.60 Å². The van der Waals surface area contributed by atoms with Crippen LogP contribution >= 0.6 is 0 Å². The van der Waals surface area contributed by atoms with Crippen molar-refractivity contribution in [3.63, 3.8) is 0 Å². The summed E-state index contributed by atoms with van der Waals surface area (Å²) in [4.78, 5) is 23.9. The molecule has 2 N–H and O–H groups in total. The molecule has 7 nitrogen and oxygen atoms in total. The lowest BCUT2D eigenvalue weighted by atomic mass is 10.2. The molecule has 122 valence electrons. The van der Waals surface area contributed by atoms with Crippen molar-refractivity contribution >= 4 is 12.3 Å². The molecule has 23 heavy (non-hydrogen) atoms. The first kappa shape index (κ1) is 16.5. The average molecular weight is 316 g/mol. The number of amides is 1. The second kappa shape index (κ2) is 6.51. The van der Waals surface area contributed by atoms with Gasteiger partial charge in [0.15, 0.2) is 0 Å². The smallest absolute Gasteiger partial charge is 0.428 e. The molecule has 0 aliphatic carbocycles. The number of carbonyl (C=O) groups excluding carboxylic acids is 1. The summed E-state index contributed by atoms with van der Waals surface area (Å²) in [5.74, 6) is 0. The van der Waals surface area contributed by atoms with Crippen LogP contribution in [0.2, 0.25) is 0 Å². The molecule has 7 heteroatoms. The molecule has 0 atom stereocenters. The predicted molar refractivity (Wildman–Crippen MR) is 88.1 cm³/mol. The Hall–Kier alpha value is -2.83. The van der Waals surface area contributed by atoms with Crippen molar-refractivity contribution in [3.05, 3.63) is 51.9 Å². The molecule has 0 radical (unpaired) electrons. The van der Waals surface area contributed by atoms with Gasteiger partial charge in [-0.15, -0.1) is 0 Å². The van der Waals surface area contributed by atoms with Crippen molar-refractivity contribution in [2.24, 2.45) is 5.10 Å². The maximum atomic E-state index is 12.4. The Labute approximate surface area is 134 Å². The second-order valence-corrected chi connectivity index (χ2v) is 6.00.